The molecule has 0 fully saturated rings. The Morgan fingerprint density at radius 3 is 1.84 bits per heavy atom. The van der Waals surface area contributed by atoms with Gasteiger partial charge in [0, 0.05) is 6.26 Å². The summed E-state index contributed by atoms with van der Waals surface area (Å²) < 4.78 is 99.4. The minimum atomic E-state index is -9.99. The molecule has 5 nitrogen and oxygen atoms in total. The van der Waals surface area contributed by atoms with Crippen molar-refractivity contribution in [3.8, 4) is 11.5 Å². The van der Waals surface area contributed by atoms with Crippen molar-refractivity contribution in [2.24, 2.45) is 0 Å². The molecule has 0 aliphatic carbocycles. The maximum absolute atomic E-state index is 13.1. The molecule has 0 saturated heterocycles. The monoisotopic (exact) mass is 680 g/mol. The van der Waals surface area contributed by atoms with Crippen LogP contribution in [-0.4, -0.2) is 27.8 Å². The van der Waals surface area contributed by atoms with E-state index in [2.05, 4.69) is 52.5 Å². The second-order valence-electron chi connectivity index (χ2n) is 6.24. The van der Waals surface area contributed by atoms with Crippen LogP contribution in [0.5, 0.6) is 11.5 Å². The molecule has 2 aromatic carbocycles. The number of methoxy groups -OCH3 is 1. The highest BCUT2D eigenvalue weighted by molar-refractivity contribution is 9.11. The van der Waals surface area contributed by atoms with Gasteiger partial charge in [-0.1, -0.05) is 19.4 Å². The molecule has 2 aromatic rings. The molecule has 0 unspecified atom stereocenters. The van der Waals surface area contributed by atoms with E-state index in [-0.39, 0.29) is 33.5 Å². The van der Waals surface area contributed by atoms with Gasteiger partial charge in [0.1, 0.15) is 9.79 Å². The van der Waals surface area contributed by atoms with Crippen LogP contribution in [0.1, 0.15) is 15.9 Å². The maximum Gasteiger partial charge on any atom is 0.338 e. The SMILES string of the molecule is COC(=O)c1cc(S(C)(=O)=O)c(Oc2c(Br)cc(S(F)(F)(F)(F)F)cc2Br)c(Br)c1C. The number of ether oxygens (including phenoxy) is 2. The van der Waals surface area contributed by atoms with Crippen LogP contribution >= 0.6 is 58.0 Å². The van der Waals surface area contributed by atoms with Gasteiger partial charge in [-0.3, -0.25) is 0 Å². The Morgan fingerprint density at radius 1 is 0.968 bits per heavy atom. The second-order valence-corrected chi connectivity index (χ2v) is 13.1. The smallest absolute Gasteiger partial charge is 0.338 e. The van der Waals surface area contributed by atoms with Crippen molar-refractivity contribution in [1.29, 1.82) is 0 Å². The maximum atomic E-state index is 13.1. The first-order chi connectivity index (χ1) is 13.7. The molecule has 0 aliphatic rings. The summed E-state index contributed by atoms with van der Waals surface area (Å²) in [5.41, 5.74) is 0.113. The van der Waals surface area contributed by atoms with Gasteiger partial charge < -0.3 is 9.47 Å². The number of hydrogen-bond donors (Lipinski definition) is 0. The van der Waals surface area contributed by atoms with Gasteiger partial charge in [-0.15, -0.1) is 0 Å². The Balaban J connectivity index is 2.78. The minimum Gasteiger partial charge on any atom is -0.465 e. The molecule has 0 radical (unpaired) electrons. The number of halogens is 8. The van der Waals surface area contributed by atoms with E-state index in [1.807, 2.05) is 0 Å². The lowest BCUT2D eigenvalue weighted by atomic mass is 10.1. The minimum absolute atomic E-state index is 0.00795. The second kappa shape index (κ2) is 7.57. The van der Waals surface area contributed by atoms with Gasteiger partial charge in [0.15, 0.2) is 21.3 Å². The lowest BCUT2D eigenvalue weighted by Crippen LogP contribution is -2.10. The zero-order valence-electron chi connectivity index (χ0n) is 15.6. The molecule has 0 spiro atoms. The number of carbonyl (C=O) groups is 1. The molecule has 0 bridgehead atoms. The summed E-state index contributed by atoms with van der Waals surface area (Å²) >= 11 is 8.63. The fourth-order valence-electron chi connectivity index (χ4n) is 2.35. The summed E-state index contributed by atoms with van der Waals surface area (Å²) in [6.45, 7) is 1.44. The van der Waals surface area contributed by atoms with Crippen LogP contribution in [0.3, 0.4) is 0 Å². The molecule has 31 heavy (non-hydrogen) atoms. The zero-order chi connectivity index (χ0) is 24.2. The van der Waals surface area contributed by atoms with Crippen LogP contribution in [0.2, 0.25) is 0 Å². The number of rotatable bonds is 5. The highest BCUT2D eigenvalue weighted by atomic mass is 79.9. The van der Waals surface area contributed by atoms with Gasteiger partial charge in [0.25, 0.3) is 0 Å². The van der Waals surface area contributed by atoms with E-state index >= 15 is 0 Å². The van der Waals surface area contributed by atoms with Crippen molar-refractivity contribution < 1.29 is 42.1 Å². The van der Waals surface area contributed by atoms with Crippen molar-refractivity contribution in [2.75, 3.05) is 13.4 Å². The molecule has 15 heteroatoms. The molecule has 174 valence electrons. The number of carbonyl (C=O) groups excluding carboxylic acids is 1. The van der Waals surface area contributed by atoms with Crippen LogP contribution in [0.25, 0.3) is 0 Å². The fourth-order valence-corrected chi connectivity index (χ4v) is 6.14. The Morgan fingerprint density at radius 2 is 1.45 bits per heavy atom. The van der Waals surface area contributed by atoms with Crippen LogP contribution < -0.4 is 4.74 Å². The predicted molar refractivity (Wildman–Crippen MR) is 117 cm³/mol. The molecule has 0 amide bonds. The third kappa shape index (κ3) is 5.72. The average molecular weight is 683 g/mol. The molecule has 0 saturated carbocycles. The molecule has 2 rings (SSSR count). The Kier molecular flexibility index (Phi) is 6.43. The third-order valence-corrected chi connectivity index (χ3v) is 8.22. The highest BCUT2D eigenvalue weighted by Crippen LogP contribution is 3.02. The van der Waals surface area contributed by atoms with Gasteiger partial charge in [0.2, 0.25) is 0 Å². The summed E-state index contributed by atoms with van der Waals surface area (Å²) in [7, 11) is -12.9. The standard InChI is InChI=1S/C16H12Br3F5O5S2/c1-7-9(16(25)28-2)6-12(30(3,26)27)15(13(7)19)29-14-10(17)4-8(5-11(14)18)31(20,21,22,23)24/h4-6H,1-3H3. The normalized spacial score (nSPS) is 14.5. The van der Waals surface area contributed by atoms with Gasteiger partial charge in [-0.25, -0.2) is 13.2 Å². The van der Waals surface area contributed by atoms with Crippen LogP contribution in [0, 0.1) is 6.92 Å². The van der Waals surface area contributed by atoms with Gasteiger partial charge in [0.05, 0.1) is 26.1 Å². The molecular weight excluding hydrogens is 671 g/mol. The van der Waals surface area contributed by atoms with E-state index < -0.39 is 50.5 Å². The first kappa shape index (κ1) is 26.4. The Labute approximate surface area is 199 Å². The van der Waals surface area contributed by atoms with E-state index in [0.717, 1.165) is 19.4 Å². The van der Waals surface area contributed by atoms with Gasteiger partial charge >= 0.3 is 16.2 Å². The molecule has 0 aliphatic heterocycles. The number of esters is 1. The van der Waals surface area contributed by atoms with Crippen molar-refractivity contribution >= 4 is 73.8 Å². The zero-order valence-corrected chi connectivity index (χ0v) is 22.0. The van der Waals surface area contributed by atoms with E-state index in [9.17, 15) is 32.6 Å². The summed E-state index contributed by atoms with van der Waals surface area (Å²) in [4.78, 5) is 9.31. The summed E-state index contributed by atoms with van der Waals surface area (Å²) in [6.07, 6.45) is 0.819. The molecule has 0 atom stereocenters. The largest absolute Gasteiger partial charge is 0.465 e. The highest BCUT2D eigenvalue weighted by Gasteiger charge is 2.65. The molecular formula is C16H12Br3F5O5S2. The molecule has 0 heterocycles. The molecule has 0 aromatic heterocycles. The third-order valence-electron chi connectivity index (χ3n) is 3.86. The Hall–Kier alpha value is -0.900. The fraction of sp³-hybridized carbons (Fsp3) is 0.188. The lowest BCUT2D eigenvalue weighted by Gasteiger charge is -2.40. The number of benzene rings is 2. The topological polar surface area (TPSA) is 69.7 Å². The van der Waals surface area contributed by atoms with Crippen molar-refractivity contribution in [1.82, 2.24) is 0 Å². The van der Waals surface area contributed by atoms with E-state index in [0.29, 0.717) is 0 Å². The van der Waals surface area contributed by atoms with E-state index in [4.69, 9.17) is 4.74 Å². The van der Waals surface area contributed by atoms with Crippen LogP contribution in [0.4, 0.5) is 19.4 Å². The van der Waals surface area contributed by atoms with E-state index in [1.165, 1.54) is 6.92 Å². The Bertz CT molecular complexity index is 1190. The summed E-state index contributed by atoms with van der Waals surface area (Å²) in [5, 5.41) is 0. The first-order valence-corrected chi connectivity index (χ1v) is 13.9. The molecule has 0 N–H and O–H groups in total. The number of sulfone groups is 1. The van der Waals surface area contributed by atoms with Crippen LogP contribution in [-0.2, 0) is 14.6 Å². The average Bonchev–Trinajstić information content (AvgIpc) is 2.57. The number of hydrogen-bond acceptors (Lipinski definition) is 5. The quantitative estimate of drug-likeness (QED) is 0.237. The predicted octanol–water partition coefficient (Wildman–Crippen LogP) is 7.92. The van der Waals surface area contributed by atoms with Crippen molar-refractivity contribution in [3.63, 3.8) is 0 Å². The summed E-state index contributed by atoms with van der Waals surface area (Å²) in [6, 6.07) is 1.25. The van der Waals surface area contributed by atoms with Crippen molar-refractivity contribution in [2.45, 2.75) is 16.7 Å². The van der Waals surface area contributed by atoms with Gasteiger partial charge in [-0.2, -0.15) is 0 Å². The van der Waals surface area contributed by atoms with E-state index in [1.54, 1.807) is 0 Å². The van der Waals surface area contributed by atoms with Crippen LogP contribution in [0.15, 0.2) is 41.4 Å². The summed E-state index contributed by atoms with van der Waals surface area (Å²) in [5.74, 6) is -1.60. The van der Waals surface area contributed by atoms with Crippen molar-refractivity contribution in [3.05, 3.63) is 42.7 Å². The van der Waals surface area contributed by atoms with Gasteiger partial charge in [-0.05, 0) is 78.5 Å². The lowest BCUT2D eigenvalue weighted by molar-refractivity contribution is 0.0599. The first-order valence-electron chi connectivity index (χ1n) is 7.70.